The molecule has 1 saturated carbocycles. The second kappa shape index (κ2) is 6.28. The summed E-state index contributed by atoms with van der Waals surface area (Å²) in [6, 6.07) is 0.839. The lowest BCUT2D eigenvalue weighted by Gasteiger charge is -2.41. The number of nitrogens with zero attached hydrogens (tertiary/aromatic N) is 2. The molecule has 3 fully saturated rings. The van der Waals surface area contributed by atoms with Gasteiger partial charge in [0.15, 0.2) is 0 Å². The molecule has 1 spiro atoms. The number of amides is 1. The Labute approximate surface area is 130 Å². The van der Waals surface area contributed by atoms with Crippen LogP contribution in [0.2, 0.25) is 0 Å². The van der Waals surface area contributed by atoms with Gasteiger partial charge < -0.3 is 9.80 Å². The van der Waals surface area contributed by atoms with Crippen LogP contribution in [0.3, 0.4) is 0 Å². The standard InChI is InChI=1S/C18H32N2O/c1-3-17(21)20-12-8-18(9-13-20)7-4-16(14-18)19-10-5-15(2)6-11-19/h15-16H,3-14H2,1-2H3. The molecular formula is C18H32N2O. The molecule has 3 aliphatic rings. The van der Waals surface area contributed by atoms with Crippen molar-refractivity contribution in [3.63, 3.8) is 0 Å². The zero-order valence-electron chi connectivity index (χ0n) is 13.9. The molecule has 1 atom stereocenters. The van der Waals surface area contributed by atoms with Crippen LogP contribution in [0, 0.1) is 11.3 Å². The molecule has 1 amide bonds. The SMILES string of the molecule is CCC(=O)N1CCC2(CCC(N3CCC(C)CC3)C2)CC1. The lowest BCUT2D eigenvalue weighted by atomic mass is 9.76. The van der Waals surface area contributed by atoms with Crippen LogP contribution < -0.4 is 0 Å². The highest BCUT2D eigenvalue weighted by atomic mass is 16.2. The quantitative estimate of drug-likeness (QED) is 0.780. The number of carbonyl (C=O) groups excluding carboxylic acids is 1. The molecule has 1 unspecified atom stereocenters. The van der Waals surface area contributed by atoms with E-state index in [9.17, 15) is 4.79 Å². The van der Waals surface area contributed by atoms with E-state index in [2.05, 4.69) is 16.7 Å². The van der Waals surface area contributed by atoms with E-state index in [-0.39, 0.29) is 0 Å². The Morgan fingerprint density at radius 2 is 1.71 bits per heavy atom. The van der Waals surface area contributed by atoms with E-state index in [0.717, 1.165) is 25.0 Å². The maximum atomic E-state index is 11.8. The van der Waals surface area contributed by atoms with E-state index in [1.54, 1.807) is 0 Å². The van der Waals surface area contributed by atoms with Gasteiger partial charge in [-0.15, -0.1) is 0 Å². The minimum absolute atomic E-state index is 0.351. The van der Waals surface area contributed by atoms with Gasteiger partial charge in [-0.1, -0.05) is 13.8 Å². The average Bonchev–Trinajstić information content (AvgIpc) is 2.92. The van der Waals surface area contributed by atoms with Crippen LogP contribution in [0.4, 0.5) is 0 Å². The molecule has 0 bridgehead atoms. The Morgan fingerprint density at radius 1 is 1.05 bits per heavy atom. The minimum Gasteiger partial charge on any atom is -0.343 e. The molecule has 21 heavy (non-hydrogen) atoms. The summed E-state index contributed by atoms with van der Waals surface area (Å²) >= 11 is 0. The molecule has 0 aromatic heterocycles. The smallest absolute Gasteiger partial charge is 0.222 e. The van der Waals surface area contributed by atoms with Crippen LogP contribution in [0.5, 0.6) is 0 Å². The summed E-state index contributed by atoms with van der Waals surface area (Å²) in [5, 5.41) is 0. The van der Waals surface area contributed by atoms with E-state index in [0.29, 0.717) is 17.7 Å². The number of rotatable bonds is 2. The molecule has 0 aromatic rings. The van der Waals surface area contributed by atoms with Crippen molar-refractivity contribution < 1.29 is 4.79 Å². The van der Waals surface area contributed by atoms with Gasteiger partial charge in [-0.05, 0) is 69.4 Å². The Balaban J connectivity index is 1.52. The molecule has 3 rings (SSSR count). The third kappa shape index (κ3) is 3.28. The van der Waals surface area contributed by atoms with Crippen LogP contribution in [-0.4, -0.2) is 47.9 Å². The molecule has 0 radical (unpaired) electrons. The molecule has 2 saturated heterocycles. The molecule has 2 heterocycles. The van der Waals surface area contributed by atoms with Crippen LogP contribution in [0.1, 0.15) is 65.2 Å². The lowest BCUT2D eigenvalue weighted by Crippen LogP contribution is -2.44. The highest BCUT2D eigenvalue weighted by Gasteiger charge is 2.43. The normalized spacial score (nSPS) is 31.0. The maximum absolute atomic E-state index is 11.8. The van der Waals surface area contributed by atoms with Crippen molar-refractivity contribution in [1.82, 2.24) is 9.80 Å². The van der Waals surface area contributed by atoms with Crippen molar-refractivity contribution >= 4 is 5.91 Å². The van der Waals surface area contributed by atoms with E-state index >= 15 is 0 Å². The number of hydrogen-bond acceptors (Lipinski definition) is 2. The van der Waals surface area contributed by atoms with Crippen molar-refractivity contribution in [1.29, 1.82) is 0 Å². The van der Waals surface area contributed by atoms with Crippen molar-refractivity contribution in [2.24, 2.45) is 11.3 Å². The maximum Gasteiger partial charge on any atom is 0.222 e. The van der Waals surface area contributed by atoms with Gasteiger partial charge in [0.05, 0.1) is 0 Å². The summed E-state index contributed by atoms with van der Waals surface area (Å²) in [6.07, 6.45) is 10.1. The average molecular weight is 292 g/mol. The second-order valence-corrected chi connectivity index (χ2v) is 7.85. The second-order valence-electron chi connectivity index (χ2n) is 7.85. The van der Waals surface area contributed by atoms with E-state index in [1.807, 2.05) is 6.92 Å². The van der Waals surface area contributed by atoms with Gasteiger partial charge in [-0.3, -0.25) is 4.79 Å². The largest absolute Gasteiger partial charge is 0.343 e. The first kappa shape index (κ1) is 15.3. The highest BCUT2D eigenvalue weighted by molar-refractivity contribution is 5.75. The van der Waals surface area contributed by atoms with Crippen molar-refractivity contribution in [3.05, 3.63) is 0 Å². The summed E-state index contributed by atoms with van der Waals surface area (Å²) in [4.78, 5) is 16.7. The summed E-state index contributed by atoms with van der Waals surface area (Å²) < 4.78 is 0. The third-order valence-corrected chi connectivity index (χ3v) is 6.49. The molecule has 120 valence electrons. The number of piperidine rings is 2. The third-order valence-electron chi connectivity index (χ3n) is 6.49. The van der Waals surface area contributed by atoms with Gasteiger partial charge in [-0.25, -0.2) is 0 Å². The molecule has 0 N–H and O–H groups in total. The zero-order chi connectivity index (χ0) is 14.9. The predicted molar refractivity (Wildman–Crippen MR) is 86.1 cm³/mol. The summed E-state index contributed by atoms with van der Waals surface area (Å²) in [5.41, 5.74) is 0.568. The first-order valence-corrected chi connectivity index (χ1v) is 9.14. The van der Waals surface area contributed by atoms with Crippen molar-refractivity contribution in [2.75, 3.05) is 26.2 Å². The fraction of sp³-hybridized carbons (Fsp3) is 0.944. The van der Waals surface area contributed by atoms with Gasteiger partial charge in [0.2, 0.25) is 5.91 Å². The van der Waals surface area contributed by atoms with Gasteiger partial charge in [0, 0.05) is 25.6 Å². The van der Waals surface area contributed by atoms with E-state index in [4.69, 9.17) is 0 Å². The highest BCUT2D eigenvalue weighted by Crippen LogP contribution is 2.48. The van der Waals surface area contributed by atoms with Crippen LogP contribution in [0.25, 0.3) is 0 Å². The van der Waals surface area contributed by atoms with Gasteiger partial charge in [-0.2, -0.15) is 0 Å². The zero-order valence-corrected chi connectivity index (χ0v) is 13.9. The molecular weight excluding hydrogens is 260 g/mol. The topological polar surface area (TPSA) is 23.6 Å². The fourth-order valence-corrected chi connectivity index (χ4v) is 4.79. The van der Waals surface area contributed by atoms with Gasteiger partial charge >= 0.3 is 0 Å². The van der Waals surface area contributed by atoms with Crippen molar-refractivity contribution in [3.8, 4) is 0 Å². The summed E-state index contributed by atoms with van der Waals surface area (Å²) in [5.74, 6) is 1.28. The first-order chi connectivity index (χ1) is 10.1. The first-order valence-electron chi connectivity index (χ1n) is 9.14. The monoisotopic (exact) mass is 292 g/mol. The van der Waals surface area contributed by atoms with Crippen molar-refractivity contribution in [2.45, 2.75) is 71.3 Å². The summed E-state index contributed by atoms with van der Waals surface area (Å²) in [6.45, 7) is 9.04. The number of likely N-dealkylation sites (tertiary alicyclic amines) is 2. The Kier molecular flexibility index (Phi) is 4.58. The van der Waals surface area contributed by atoms with Gasteiger partial charge in [0.1, 0.15) is 0 Å². The molecule has 1 aliphatic carbocycles. The predicted octanol–water partition coefficient (Wildman–Crippen LogP) is 3.29. The van der Waals surface area contributed by atoms with Crippen LogP contribution in [-0.2, 0) is 4.79 Å². The Morgan fingerprint density at radius 3 is 2.33 bits per heavy atom. The minimum atomic E-state index is 0.351. The number of carbonyl (C=O) groups is 1. The molecule has 2 aliphatic heterocycles. The van der Waals surface area contributed by atoms with Crippen LogP contribution in [0.15, 0.2) is 0 Å². The molecule has 3 nitrogen and oxygen atoms in total. The Bertz CT molecular complexity index is 365. The fourth-order valence-electron chi connectivity index (χ4n) is 4.79. The molecule has 0 aromatic carbocycles. The molecule has 3 heteroatoms. The Hall–Kier alpha value is -0.570. The number of hydrogen-bond donors (Lipinski definition) is 0. The summed E-state index contributed by atoms with van der Waals surface area (Å²) in [7, 11) is 0. The van der Waals surface area contributed by atoms with E-state index in [1.165, 1.54) is 58.0 Å². The lowest BCUT2D eigenvalue weighted by molar-refractivity contribution is -0.133. The van der Waals surface area contributed by atoms with Crippen LogP contribution >= 0.6 is 0 Å². The van der Waals surface area contributed by atoms with E-state index < -0.39 is 0 Å². The van der Waals surface area contributed by atoms with Gasteiger partial charge in [0.25, 0.3) is 0 Å².